The minimum absolute atomic E-state index is 0. The SMILES string of the molecule is Nc1nc2[nH]cc(CCc3ccc(C(=O)N[C@@H](CCC(=O)[O-])C(=O)[O-])cc3)c2c(=O)[nH]1.O.O.O.O.O.O.O.[K+].[K+]. The zero-order chi connectivity index (χ0) is 22.5. The monoisotopic (exact) mass is 629 g/mol. The Morgan fingerprint density at radius 1 is 0.925 bits per heavy atom. The molecule has 0 aliphatic rings. The predicted octanol–water partition coefficient (Wildman–Crippen LogP) is -13.8. The Morgan fingerprint density at radius 3 is 1.98 bits per heavy atom. The number of H-pyrrole nitrogens is 2. The van der Waals surface area contributed by atoms with Crippen LogP contribution in [-0.2, 0) is 22.4 Å². The largest absolute Gasteiger partial charge is 1.00 e. The maximum absolute atomic E-state index is 12.2. The molecule has 0 bridgehead atoms. The zero-order valence-corrected chi connectivity index (χ0v) is 28.0. The van der Waals surface area contributed by atoms with Crippen molar-refractivity contribution in [2.75, 3.05) is 5.73 Å². The molecule has 3 rings (SSSR count). The number of aryl methyl sites for hydroxylation is 2. The third-order valence-corrected chi connectivity index (χ3v) is 4.77. The first-order chi connectivity index (χ1) is 14.7. The van der Waals surface area contributed by atoms with Crippen molar-refractivity contribution in [2.45, 2.75) is 31.7 Å². The van der Waals surface area contributed by atoms with E-state index in [0.29, 0.717) is 23.9 Å². The van der Waals surface area contributed by atoms with Gasteiger partial charge < -0.3 is 74.2 Å². The predicted molar refractivity (Wildman–Crippen MR) is 131 cm³/mol. The molecular formula is C20H33K2N5O13. The fraction of sp³-hybridized carbons (Fsp3) is 0.250. The van der Waals surface area contributed by atoms with Crippen LogP contribution >= 0.6 is 0 Å². The minimum Gasteiger partial charge on any atom is -0.550 e. The second kappa shape index (κ2) is 25.5. The van der Waals surface area contributed by atoms with Crippen LogP contribution in [0.15, 0.2) is 35.3 Å². The molecule has 0 radical (unpaired) electrons. The molecule has 2 heterocycles. The molecule has 0 saturated carbocycles. The van der Waals surface area contributed by atoms with Crippen LogP contribution in [0.5, 0.6) is 0 Å². The van der Waals surface area contributed by atoms with E-state index in [0.717, 1.165) is 11.1 Å². The van der Waals surface area contributed by atoms with Crippen LogP contribution in [0.25, 0.3) is 11.0 Å². The summed E-state index contributed by atoms with van der Waals surface area (Å²) in [5.74, 6) is -3.62. The molecule has 0 aliphatic heterocycles. The molecule has 1 aromatic carbocycles. The van der Waals surface area contributed by atoms with Crippen molar-refractivity contribution in [3.63, 3.8) is 0 Å². The molecule has 218 valence electrons. The summed E-state index contributed by atoms with van der Waals surface area (Å²) in [6.45, 7) is 0. The van der Waals surface area contributed by atoms with Crippen molar-refractivity contribution in [3.05, 3.63) is 57.5 Å². The van der Waals surface area contributed by atoms with Gasteiger partial charge in [-0.1, -0.05) is 12.1 Å². The number of anilines is 1. The summed E-state index contributed by atoms with van der Waals surface area (Å²) in [6.07, 6.45) is 1.96. The number of nitrogen functional groups attached to an aromatic ring is 1. The molecule has 1 amide bonds. The topological polar surface area (TPSA) is 417 Å². The van der Waals surface area contributed by atoms with Crippen LogP contribution in [0.3, 0.4) is 0 Å². The summed E-state index contributed by atoms with van der Waals surface area (Å²) in [6, 6.07) is 5.03. The van der Waals surface area contributed by atoms with Gasteiger partial charge in [0.25, 0.3) is 11.5 Å². The number of hydrogen-bond acceptors (Lipinski definition) is 8. The number of aromatic nitrogens is 3. The second-order valence-electron chi connectivity index (χ2n) is 6.94. The molecule has 18 nitrogen and oxygen atoms in total. The molecule has 2 aromatic heterocycles. The molecule has 19 N–H and O–H groups in total. The van der Waals surface area contributed by atoms with Gasteiger partial charge in [-0.25, -0.2) is 0 Å². The number of aliphatic carboxylic acids is 2. The summed E-state index contributed by atoms with van der Waals surface area (Å²) < 4.78 is 0. The molecule has 0 saturated heterocycles. The number of rotatable bonds is 9. The summed E-state index contributed by atoms with van der Waals surface area (Å²) >= 11 is 0. The van der Waals surface area contributed by atoms with Gasteiger partial charge in [0.2, 0.25) is 5.95 Å². The number of hydrogen-bond donors (Lipinski definition) is 4. The molecule has 0 spiro atoms. The van der Waals surface area contributed by atoms with Gasteiger partial charge in [0.05, 0.1) is 17.4 Å². The number of carbonyl (C=O) groups is 3. The smallest absolute Gasteiger partial charge is 0.550 e. The quantitative estimate of drug-likeness (QED) is 0.164. The first-order valence-corrected chi connectivity index (χ1v) is 9.41. The van der Waals surface area contributed by atoms with Gasteiger partial charge >= 0.3 is 103 Å². The number of carboxylic acid groups (broad SMARTS) is 2. The molecule has 1 atom stereocenters. The van der Waals surface area contributed by atoms with E-state index in [2.05, 4.69) is 20.3 Å². The van der Waals surface area contributed by atoms with Crippen LogP contribution in [0.4, 0.5) is 5.95 Å². The summed E-state index contributed by atoms with van der Waals surface area (Å²) in [5.41, 5.74) is 7.49. The molecule has 0 unspecified atom stereocenters. The number of benzene rings is 1. The normalized spacial score (nSPS) is 9.20. The van der Waals surface area contributed by atoms with Crippen molar-refractivity contribution < 1.29 is 166 Å². The third-order valence-electron chi connectivity index (χ3n) is 4.77. The van der Waals surface area contributed by atoms with Gasteiger partial charge in [-0.3, -0.25) is 14.6 Å². The molecular weight excluding hydrogens is 596 g/mol. The van der Waals surface area contributed by atoms with E-state index < -0.39 is 30.3 Å². The fourth-order valence-electron chi connectivity index (χ4n) is 3.17. The Labute approximate surface area is 311 Å². The van der Waals surface area contributed by atoms with E-state index in [9.17, 15) is 29.4 Å². The van der Waals surface area contributed by atoms with Gasteiger partial charge in [0.15, 0.2) is 0 Å². The number of fused-ring (bicyclic) bond motifs is 1. The van der Waals surface area contributed by atoms with Crippen LogP contribution in [0.1, 0.15) is 34.3 Å². The number of aromatic amines is 2. The minimum atomic E-state index is -1.57. The van der Waals surface area contributed by atoms with E-state index >= 15 is 0 Å². The van der Waals surface area contributed by atoms with Crippen molar-refractivity contribution in [3.8, 4) is 0 Å². The molecule has 3 aromatic rings. The Balaban J connectivity index is -0.000000242. The molecule has 0 aliphatic carbocycles. The van der Waals surface area contributed by atoms with Gasteiger partial charge in [0, 0.05) is 17.7 Å². The van der Waals surface area contributed by atoms with E-state index in [4.69, 9.17) is 5.73 Å². The van der Waals surface area contributed by atoms with Gasteiger partial charge in [0.1, 0.15) is 5.65 Å². The van der Waals surface area contributed by atoms with Gasteiger partial charge in [-0.15, -0.1) is 0 Å². The number of carboxylic acids is 2. The number of amides is 1. The van der Waals surface area contributed by atoms with E-state index in [1.807, 2.05) is 0 Å². The van der Waals surface area contributed by atoms with Crippen LogP contribution in [0.2, 0.25) is 0 Å². The summed E-state index contributed by atoms with van der Waals surface area (Å²) in [4.78, 5) is 55.4. The summed E-state index contributed by atoms with van der Waals surface area (Å²) in [7, 11) is 0. The van der Waals surface area contributed by atoms with E-state index in [1.54, 1.807) is 18.3 Å². The van der Waals surface area contributed by atoms with E-state index in [1.165, 1.54) is 12.1 Å². The maximum Gasteiger partial charge on any atom is 1.00 e. The Kier molecular flexibility index (Phi) is 35.0. The number of nitrogens with one attached hydrogen (secondary N) is 3. The van der Waals surface area contributed by atoms with Crippen LogP contribution in [0, 0.1) is 0 Å². The van der Waals surface area contributed by atoms with Gasteiger partial charge in [-0.05, 0) is 48.9 Å². The number of nitrogens with two attached hydrogens (primary N) is 1. The first kappa shape index (κ1) is 54.9. The molecule has 40 heavy (non-hydrogen) atoms. The van der Waals surface area contributed by atoms with Crippen molar-refractivity contribution in [1.29, 1.82) is 0 Å². The summed E-state index contributed by atoms with van der Waals surface area (Å²) in [5, 5.41) is 24.3. The average molecular weight is 630 g/mol. The zero-order valence-electron chi connectivity index (χ0n) is 21.8. The van der Waals surface area contributed by atoms with Crippen molar-refractivity contribution in [2.24, 2.45) is 0 Å². The molecule has 20 heteroatoms. The van der Waals surface area contributed by atoms with Crippen LogP contribution < -0.4 is 130 Å². The first-order valence-electron chi connectivity index (χ1n) is 9.41. The third kappa shape index (κ3) is 15.2. The number of nitrogens with zero attached hydrogens (tertiary/aromatic N) is 1. The van der Waals surface area contributed by atoms with E-state index in [-0.39, 0.29) is 165 Å². The number of carbonyl (C=O) groups excluding carboxylic acids is 3. The Hall–Kier alpha value is -1.16. The standard InChI is InChI=1S/C20H21N5O6.2K.7H2O/c21-20-24-16-15(18(29)25-20)12(9-22-16)6-3-10-1-4-11(5-2-10)17(28)23-13(19(30)31)7-8-14(26)27;;;;;;;;;/h1-2,4-5,9,13H,3,6-8H2,(H,23,28)(H,26,27)(H,30,31)(H4,21,22,24,25,29);;;7*1H2/q;2*+1;;;;;;;/p-2/t13-;;;;;;;;;/m0........./s1. The Morgan fingerprint density at radius 2 is 1.48 bits per heavy atom. The Bertz CT molecular complexity index is 1210. The fourth-order valence-corrected chi connectivity index (χ4v) is 3.17. The van der Waals surface area contributed by atoms with Crippen molar-refractivity contribution >= 4 is 34.8 Å². The van der Waals surface area contributed by atoms with Gasteiger partial charge in [-0.2, -0.15) is 4.98 Å². The maximum atomic E-state index is 12.2. The van der Waals surface area contributed by atoms with Crippen LogP contribution in [-0.4, -0.2) is 77.2 Å². The average Bonchev–Trinajstić information content (AvgIpc) is 3.12. The second-order valence-corrected chi connectivity index (χ2v) is 6.94. The van der Waals surface area contributed by atoms with Crippen molar-refractivity contribution in [1.82, 2.24) is 20.3 Å². The molecule has 0 fully saturated rings.